The lowest BCUT2D eigenvalue weighted by Crippen LogP contribution is -2.37. The van der Waals surface area contributed by atoms with Crippen LogP contribution in [0, 0.1) is 0 Å². The van der Waals surface area contributed by atoms with Crippen molar-refractivity contribution < 1.29 is 10.2 Å². The van der Waals surface area contributed by atoms with Crippen LogP contribution in [0.25, 0.3) is 0 Å². The summed E-state index contributed by atoms with van der Waals surface area (Å²) in [6.07, 6.45) is 1.33. The highest BCUT2D eigenvalue weighted by molar-refractivity contribution is 6.30. The molecule has 0 fully saturated rings. The maximum Gasteiger partial charge on any atom is 0.140 e. The van der Waals surface area contributed by atoms with Crippen LogP contribution in [0.5, 0.6) is 0 Å². The number of aromatic nitrogens is 2. The van der Waals surface area contributed by atoms with Gasteiger partial charge in [-0.25, -0.2) is 9.97 Å². The van der Waals surface area contributed by atoms with E-state index in [0.29, 0.717) is 17.9 Å². The van der Waals surface area contributed by atoms with Crippen molar-refractivity contribution in [1.29, 1.82) is 0 Å². The first-order valence-corrected chi connectivity index (χ1v) is 5.26. The normalized spacial score (nSPS) is 11.6. The standard InChI is InChI=1S/C10H16ClN3O2/c1-10(2,16)5-14(3)9-7(4-15)8(11)12-6-13-9/h6,15-16H,4-5H2,1-3H3. The summed E-state index contributed by atoms with van der Waals surface area (Å²) in [5.41, 5.74) is -0.380. The Labute approximate surface area is 99.7 Å². The van der Waals surface area contributed by atoms with Crippen molar-refractivity contribution in [3.63, 3.8) is 0 Å². The summed E-state index contributed by atoms with van der Waals surface area (Å²) in [5.74, 6) is 0.532. The number of aliphatic hydroxyl groups is 2. The van der Waals surface area contributed by atoms with E-state index in [9.17, 15) is 10.2 Å². The summed E-state index contributed by atoms with van der Waals surface area (Å²) in [6.45, 7) is 3.55. The molecule has 0 amide bonds. The number of nitrogens with zero attached hydrogens (tertiary/aromatic N) is 3. The third kappa shape index (κ3) is 3.30. The van der Waals surface area contributed by atoms with Crippen molar-refractivity contribution in [2.75, 3.05) is 18.5 Å². The molecule has 1 aromatic rings. The van der Waals surface area contributed by atoms with E-state index in [2.05, 4.69) is 9.97 Å². The topological polar surface area (TPSA) is 69.5 Å². The highest BCUT2D eigenvalue weighted by atomic mass is 35.5. The molecule has 0 atom stereocenters. The molecular weight excluding hydrogens is 230 g/mol. The second-order valence-electron chi connectivity index (χ2n) is 4.29. The van der Waals surface area contributed by atoms with E-state index < -0.39 is 5.60 Å². The Bertz CT molecular complexity index is 366. The fraction of sp³-hybridized carbons (Fsp3) is 0.600. The number of aliphatic hydroxyl groups excluding tert-OH is 1. The summed E-state index contributed by atoms with van der Waals surface area (Å²) in [7, 11) is 1.77. The average molecular weight is 246 g/mol. The summed E-state index contributed by atoms with van der Waals surface area (Å²) in [6, 6.07) is 0. The summed E-state index contributed by atoms with van der Waals surface area (Å²) >= 11 is 5.84. The van der Waals surface area contributed by atoms with Gasteiger partial charge < -0.3 is 15.1 Å². The lowest BCUT2D eigenvalue weighted by molar-refractivity contribution is 0.0883. The van der Waals surface area contributed by atoms with Crippen LogP contribution < -0.4 is 4.90 Å². The number of hydrogen-bond acceptors (Lipinski definition) is 5. The van der Waals surface area contributed by atoms with E-state index in [0.717, 1.165) is 0 Å². The van der Waals surface area contributed by atoms with Crippen LogP contribution in [0.4, 0.5) is 5.82 Å². The Morgan fingerprint density at radius 2 is 2.06 bits per heavy atom. The van der Waals surface area contributed by atoms with Crippen molar-refractivity contribution >= 4 is 17.4 Å². The van der Waals surface area contributed by atoms with Gasteiger partial charge in [0.2, 0.25) is 0 Å². The third-order valence-corrected chi connectivity index (χ3v) is 2.34. The first-order valence-electron chi connectivity index (χ1n) is 4.89. The van der Waals surface area contributed by atoms with Crippen LogP contribution in [0.1, 0.15) is 19.4 Å². The molecular formula is C10H16ClN3O2. The Hall–Kier alpha value is -0.910. The second kappa shape index (κ2) is 4.95. The monoisotopic (exact) mass is 245 g/mol. The van der Waals surface area contributed by atoms with Gasteiger partial charge in [-0.15, -0.1) is 0 Å². The Morgan fingerprint density at radius 3 is 2.56 bits per heavy atom. The molecule has 0 radical (unpaired) electrons. The van der Waals surface area contributed by atoms with Crippen LogP contribution in [-0.2, 0) is 6.61 Å². The summed E-state index contributed by atoms with van der Waals surface area (Å²) < 4.78 is 0. The van der Waals surface area contributed by atoms with Gasteiger partial charge in [-0.05, 0) is 13.8 Å². The van der Waals surface area contributed by atoms with E-state index >= 15 is 0 Å². The lowest BCUT2D eigenvalue weighted by Gasteiger charge is -2.27. The minimum atomic E-state index is -0.848. The highest BCUT2D eigenvalue weighted by Crippen LogP contribution is 2.23. The number of rotatable bonds is 4. The van der Waals surface area contributed by atoms with Gasteiger partial charge in [-0.2, -0.15) is 0 Å². The van der Waals surface area contributed by atoms with Gasteiger partial charge in [0, 0.05) is 13.6 Å². The first-order chi connectivity index (χ1) is 7.35. The minimum Gasteiger partial charge on any atom is -0.391 e. The SMILES string of the molecule is CN(CC(C)(C)O)c1ncnc(Cl)c1CO. The van der Waals surface area contributed by atoms with E-state index in [-0.39, 0.29) is 11.8 Å². The van der Waals surface area contributed by atoms with Crippen LogP contribution in [-0.4, -0.2) is 39.4 Å². The molecule has 1 rings (SSSR count). The molecule has 0 unspecified atom stereocenters. The summed E-state index contributed by atoms with van der Waals surface area (Å²) in [4.78, 5) is 9.58. The van der Waals surface area contributed by atoms with E-state index in [1.54, 1.807) is 25.8 Å². The van der Waals surface area contributed by atoms with Gasteiger partial charge in [0.1, 0.15) is 17.3 Å². The lowest BCUT2D eigenvalue weighted by atomic mass is 10.1. The van der Waals surface area contributed by atoms with Gasteiger partial charge in [-0.3, -0.25) is 0 Å². The minimum absolute atomic E-state index is 0.231. The molecule has 2 N–H and O–H groups in total. The average Bonchev–Trinajstić information content (AvgIpc) is 2.14. The van der Waals surface area contributed by atoms with Crippen LogP contribution in [0.2, 0.25) is 5.15 Å². The molecule has 16 heavy (non-hydrogen) atoms. The van der Waals surface area contributed by atoms with Crippen molar-refractivity contribution in [1.82, 2.24) is 9.97 Å². The molecule has 0 spiro atoms. The molecule has 0 aliphatic rings. The highest BCUT2D eigenvalue weighted by Gasteiger charge is 2.19. The molecule has 0 saturated carbocycles. The number of halogens is 1. The van der Waals surface area contributed by atoms with Crippen molar-refractivity contribution in [2.24, 2.45) is 0 Å². The van der Waals surface area contributed by atoms with E-state index in [1.807, 2.05) is 0 Å². The predicted octanol–water partition coefficient (Wildman–Crippen LogP) is 0.829. The van der Waals surface area contributed by atoms with Gasteiger partial charge in [0.25, 0.3) is 0 Å². The zero-order valence-corrected chi connectivity index (χ0v) is 10.4. The third-order valence-electron chi connectivity index (χ3n) is 2.01. The molecule has 0 saturated heterocycles. The van der Waals surface area contributed by atoms with Crippen molar-refractivity contribution in [3.8, 4) is 0 Å². The number of hydrogen-bond donors (Lipinski definition) is 2. The van der Waals surface area contributed by atoms with Gasteiger partial charge >= 0.3 is 0 Å². The van der Waals surface area contributed by atoms with Crippen LogP contribution >= 0.6 is 11.6 Å². The predicted molar refractivity (Wildman–Crippen MR) is 62.5 cm³/mol. The largest absolute Gasteiger partial charge is 0.391 e. The first kappa shape index (κ1) is 13.2. The van der Waals surface area contributed by atoms with Gasteiger partial charge in [-0.1, -0.05) is 11.6 Å². The summed E-state index contributed by atoms with van der Waals surface area (Å²) in [5, 5.41) is 19.1. The zero-order valence-electron chi connectivity index (χ0n) is 9.61. The molecule has 90 valence electrons. The van der Waals surface area contributed by atoms with Gasteiger partial charge in [0.15, 0.2) is 0 Å². The van der Waals surface area contributed by atoms with Gasteiger partial charge in [0.05, 0.1) is 17.8 Å². The number of likely N-dealkylation sites (N-methyl/N-ethyl adjacent to an activating group) is 1. The maximum absolute atomic E-state index is 9.70. The molecule has 1 aromatic heterocycles. The molecule has 6 heteroatoms. The molecule has 0 bridgehead atoms. The second-order valence-corrected chi connectivity index (χ2v) is 4.65. The Balaban J connectivity index is 2.99. The van der Waals surface area contributed by atoms with E-state index in [1.165, 1.54) is 6.33 Å². The molecule has 1 heterocycles. The molecule has 0 aromatic carbocycles. The van der Waals surface area contributed by atoms with Crippen LogP contribution in [0.3, 0.4) is 0 Å². The molecule has 5 nitrogen and oxygen atoms in total. The smallest absolute Gasteiger partial charge is 0.140 e. The van der Waals surface area contributed by atoms with Crippen molar-refractivity contribution in [2.45, 2.75) is 26.1 Å². The van der Waals surface area contributed by atoms with E-state index in [4.69, 9.17) is 11.6 Å². The fourth-order valence-corrected chi connectivity index (χ4v) is 1.69. The fourth-order valence-electron chi connectivity index (χ4n) is 1.50. The Kier molecular flexibility index (Phi) is 4.07. The molecule has 0 aliphatic heterocycles. The Morgan fingerprint density at radius 1 is 1.44 bits per heavy atom. The van der Waals surface area contributed by atoms with Crippen molar-refractivity contribution in [3.05, 3.63) is 17.0 Å². The molecule has 0 aliphatic carbocycles. The number of anilines is 1. The quantitative estimate of drug-likeness (QED) is 0.769. The van der Waals surface area contributed by atoms with Crippen LogP contribution in [0.15, 0.2) is 6.33 Å². The maximum atomic E-state index is 9.70. The zero-order chi connectivity index (χ0) is 12.3.